The minimum Gasteiger partial charge on any atom is -0.440 e. The standard InChI is InChI=1S/C21H23F3N6OS.2ClH/c1-13-17(31-12-25-13)18-27-28-19(29(18)2)32-8-4-7-30-10-14-9-20(14,11-30)15-5-3-6-16(26-15)21(22,23)24;;/h3,5-6,12,14H,4,7-11H2,1-2H3;2*1H/t14-,20-;;/m1../s1. The van der Waals surface area contributed by atoms with Gasteiger partial charge in [0.15, 0.2) is 17.3 Å². The first kappa shape index (κ1) is 26.8. The van der Waals surface area contributed by atoms with Gasteiger partial charge in [-0.05, 0) is 44.4 Å². The zero-order valence-electron chi connectivity index (χ0n) is 18.6. The van der Waals surface area contributed by atoms with Gasteiger partial charge in [-0.25, -0.2) is 9.97 Å². The highest BCUT2D eigenvalue weighted by atomic mass is 35.5. The Morgan fingerprint density at radius 1 is 1.24 bits per heavy atom. The number of nitrogens with zero attached hydrogens (tertiary/aromatic N) is 6. The van der Waals surface area contributed by atoms with E-state index in [0.717, 1.165) is 55.1 Å². The molecule has 34 heavy (non-hydrogen) atoms. The molecule has 2 fully saturated rings. The monoisotopic (exact) mass is 536 g/mol. The summed E-state index contributed by atoms with van der Waals surface area (Å²) >= 11 is 1.63. The molecule has 0 bridgehead atoms. The van der Waals surface area contributed by atoms with Gasteiger partial charge in [0.2, 0.25) is 5.82 Å². The van der Waals surface area contributed by atoms with Crippen LogP contribution < -0.4 is 0 Å². The topological polar surface area (TPSA) is 72.9 Å². The molecule has 0 spiro atoms. The molecule has 0 amide bonds. The van der Waals surface area contributed by atoms with Crippen molar-refractivity contribution in [3.05, 3.63) is 41.7 Å². The fourth-order valence-electron chi connectivity index (χ4n) is 4.63. The van der Waals surface area contributed by atoms with Gasteiger partial charge < -0.3 is 13.9 Å². The smallest absolute Gasteiger partial charge is 0.433 e. The number of alkyl halides is 3. The number of oxazole rings is 1. The molecule has 0 unspecified atom stereocenters. The van der Waals surface area contributed by atoms with Crippen molar-refractivity contribution in [3.63, 3.8) is 0 Å². The number of aromatic nitrogens is 5. The highest BCUT2D eigenvalue weighted by Crippen LogP contribution is 2.58. The van der Waals surface area contributed by atoms with E-state index in [4.69, 9.17) is 4.42 Å². The molecule has 7 nitrogen and oxygen atoms in total. The maximum absolute atomic E-state index is 13.0. The number of rotatable bonds is 7. The van der Waals surface area contributed by atoms with Crippen molar-refractivity contribution in [2.45, 2.75) is 36.5 Å². The second kappa shape index (κ2) is 10.0. The van der Waals surface area contributed by atoms with Crippen molar-refractivity contribution in [2.24, 2.45) is 13.0 Å². The molecule has 4 heterocycles. The summed E-state index contributed by atoms with van der Waals surface area (Å²) < 4.78 is 46.5. The predicted octanol–water partition coefficient (Wildman–Crippen LogP) is 4.79. The van der Waals surface area contributed by atoms with Gasteiger partial charge in [-0.1, -0.05) is 17.8 Å². The van der Waals surface area contributed by atoms with Crippen LogP contribution in [0.5, 0.6) is 0 Å². The normalized spacial score (nSPS) is 21.6. The summed E-state index contributed by atoms with van der Waals surface area (Å²) in [6.45, 7) is 4.45. The number of hydrogen-bond donors (Lipinski definition) is 0. The Labute approximate surface area is 211 Å². The molecular formula is C21H25Cl2F3N6OS. The van der Waals surface area contributed by atoms with Crippen molar-refractivity contribution >= 4 is 36.6 Å². The lowest BCUT2D eigenvalue weighted by atomic mass is 10.0. The van der Waals surface area contributed by atoms with E-state index >= 15 is 0 Å². The first-order chi connectivity index (χ1) is 15.3. The maximum atomic E-state index is 13.0. The molecule has 3 aromatic heterocycles. The number of halogens is 5. The van der Waals surface area contributed by atoms with Crippen LogP contribution in [0.15, 0.2) is 34.2 Å². The number of aryl methyl sites for hydroxylation is 1. The van der Waals surface area contributed by atoms with Crippen LogP contribution in [0.1, 0.15) is 29.9 Å². The molecule has 13 heteroatoms. The fourth-order valence-corrected chi connectivity index (χ4v) is 5.47. The van der Waals surface area contributed by atoms with E-state index in [0.29, 0.717) is 23.2 Å². The van der Waals surface area contributed by atoms with E-state index in [1.807, 2.05) is 18.5 Å². The van der Waals surface area contributed by atoms with Crippen LogP contribution in [-0.4, -0.2) is 55.0 Å². The van der Waals surface area contributed by atoms with E-state index in [2.05, 4.69) is 25.1 Å². The fraction of sp³-hybridized carbons (Fsp3) is 0.524. The SMILES string of the molecule is Cc1ncoc1-c1nnc(SCCCN2C[C@H]3C[C@@]3(c3cccc(C(F)(F)F)n3)C2)n1C.Cl.Cl. The quantitative estimate of drug-likeness (QED) is 0.317. The van der Waals surface area contributed by atoms with Crippen LogP contribution in [0.25, 0.3) is 11.6 Å². The first-order valence-corrected chi connectivity index (χ1v) is 11.5. The Bertz CT molecular complexity index is 1140. The van der Waals surface area contributed by atoms with Crippen molar-refractivity contribution < 1.29 is 17.6 Å². The van der Waals surface area contributed by atoms with Crippen LogP contribution in [0, 0.1) is 12.8 Å². The molecule has 2 atom stereocenters. The van der Waals surface area contributed by atoms with Gasteiger partial charge in [0.1, 0.15) is 5.69 Å². The number of thioether (sulfide) groups is 1. The number of piperidine rings is 1. The van der Waals surface area contributed by atoms with Crippen molar-refractivity contribution in [1.82, 2.24) is 29.6 Å². The lowest BCUT2D eigenvalue weighted by molar-refractivity contribution is -0.141. The number of hydrogen-bond acceptors (Lipinski definition) is 7. The van der Waals surface area contributed by atoms with Gasteiger partial charge in [-0.15, -0.1) is 35.0 Å². The van der Waals surface area contributed by atoms with Gasteiger partial charge in [0.25, 0.3) is 0 Å². The highest BCUT2D eigenvalue weighted by molar-refractivity contribution is 7.99. The van der Waals surface area contributed by atoms with Gasteiger partial charge in [0, 0.05) is 37.0 Å². The molecule has 1 saturated heterocycles. The Kier molecular flexibility index (Phi) is 7.91. The Balaban J connectivity index is 0.00000162. The molecule has 0 aromatic carbocycles. The Hall–Kier alpha value is -1.82. The lowest BCUT2D eigenvalue weighted by Crippen LogP contribution is -2.28. The Morgan fingerprint density at radius 2 is 2.03 bits per heavy atom. The van der Waals surface area contributed by atoms with Gasteiger partial charge in [0.05, 0.1) is 5.69 Å². The van der Waals surface area contributed by atoms with Crippen LogP contribution in [-0.2, 0) is 18.6 Å². The van der Waals surface area contributed by atoms with Gasteiger partial charge in [-0.2, -0.15) is 13.2 Å². The molecule has 186 valence electrons. The first-order valence-electron chi connectivity index (χ1n) is 10.5. The summed E-state index contributed by atoms with van der Waals surface area (Å²) in [6, 6.07) is 4.27. The van der Waals surface area contributed by atoms with Crippen molar-refractivity contribution in [3.8, 4) is 11.6 Å². The average Bonchev–Trinajstić information content (AvgIpc) is 3.05. The number of fused-ring (bicyclic) bond motifs is 1. The van der Waals surface area contributed by atoms with Crippen LogP contribution in [0.3, 0.4) is 0 Å². The summed E-state index contributed by atoms with van der Waals surface area (Å²) in [4.78, 5) is 10.4. The maximum Gasteiger partial charge on any atom is 0.433 e. The molecule has 2 aliphatic rings. The number of pyridine rings is 1. The molecule has 1 aliphatic heterocycles. The summed E-state index contributed by atoms with van der Waals surface area (Å²) in [5, 5.41) is 9.28. The summed E-state index contributed by atoms with van der Waals surface area (Å²) in [6.07, 6.45) is -1.13. The molecule has 1 aliphatic carbocycles. The zero-order chi connectivity index (χ0) is 22.5. The molecule has 5 rings (SSSR count). The van der Waals surface area contributed by atoms with Crippen LogP contribution >= 0.6 is 36.6 Å². The third-order valence-corrected chi connectivity index (χ3v) is 7.51. The van der Waals surface area contributed by atoms with Crippen molar-refractivity contribution in [1.29, 1.82) is 0 Å². The second-order valence-electron chi connectivity index (χ2n) is 8.53. The lowest BCUT2D eigenvalue weighted by Gasteiger charge is -2.21. The second-order valence-corrected chi connectivity index (χ2v) is 9.59. The minimum absolute atomic E-state index is 0. The van der Waals surface area contributed by atoms with Gasteiger partial charge >= 0.3 is 6.18 Å². The molecule has 0 radical (unpaired) electrons. The minimum atomic E-state index is -4.40. The van der Waals surface area contributed by atoms with E-state index < -0.39 is 11.9 Å². The zero-order valence-corrected chi connectivity index (χ0v) is 21.0. The van der Waals surface area contributed by atoms with Crippen LogP contribution in [0.2, 0.25) is 0 Å². The number of likely N-dealkylation sites (tertiary alicyclic amines) is 1. The molecular weight excluding hydrogens is 512 g/mol. The van der Waals surface area contributed by atoms with E-state index in [1.165, 1.54) is 12.5 Å². The molecule has 0 N–H and O–H groups in total. The Morgan fingerprint density at radius 3 is 2.74 bits per heavy atom. The highest BCUT2D eigenvalue weighted by Gasteiger charge is 2.61. The van der Waals surface area contributed by atoms with E-state index in [-0.39, 0.29) is 30.2 Å². The van der Waals surface area contributed by atoms with E-state index in [9.17, 15) is 13.2 Å². The van der Waals surface area contributed by atoms with Gasteiger partial charge in [-0.3, -0.25) is 0 Å². The molecule has 3 aromatic rings. The van der Waals surface area contributed by atoms with Crippen molar-refractivity contribution in [2.75, 3.05) is 25.4 Å². The average molecular weight is 537 g/mol. The summed E-state index contributed by atoms with van der Waals surface area (Å²) in [7, 11) is 1.90. The third-order valence-electron chi connectivity index (χ3n) is 6.40. The largest absolute Gasteiger partial charge is 0.440 e. The predicted molar refractivity (Wildman–Crippen MR) is 127 cm³/mol. The third kappa shape index (κ3) is 4.93. The molecule has 1 saturated carbocycles. The van der Waals surface area contributed by atoms with E-state index in [1.54, 1.807) is 17.8 Å². The summed E-state index contributed by atoms with van der Waals surface area (Å²) in [5.74, 6) is 2.55. The summed E-state index contributed by atoms with van der Waals surface area (Å²) in [5.41, 5.74) is 0.354. The van der Waals surface area contributed by atoms with Crippen LogP contribution in [0.4, 0.5) is 13.2 Å².